The fourth-order valence-corrected chi connectivity index (χ4v) is 2.39. The third kappa shape index (κ3) is 8.19. The van der Waals surface area contributed by atoms with Gasteiger partial charge in [0.25, 0.3) is 0 Å². The van der Waals surface area contributed by atoms with E-state index < -0.39 is 0 Å². The third-order valence-electron chi connectivity index (χ3n) is 2.73. The Morgan fingerprint density at radius 1 is 1.25 bits per heavy atom. The van der Waals surface area contributed by atoms with Gasteiger partial charge in [0.2, 0.25) is 5.91 Å². The minimum atomic E-state index is 0.0389. The number of thioether (sulfide) groups is 1. The molecule has 0 aliphatic rings. The Morgan fingerprint density at radius 2 is 2.00 bits per heavy atom. The van der Waals surface area contributed by atoms with Gasteiger partial charge in [-0.15, -0.1) is 0 Å². The van der Waals surface area contributed by atoms with E-state index in [1.54, 1.807) is 7.11 Å². The summed E-state index contributed by atoms with van der Waals surface area (Å²) in [6, 6.07) is 8.56. The second kappa shape index (κ2) is 10.7. The monoisotopic (exact) mass is 296 g/mol. The molecule has 112 valence electrons. The van der Waals surface area contributed by atoms with Gasteiger partial charge in [0, 0.05) is 31.7 Å². The second-order valence-electron chi connectivity index (χ2n) is 4.56. The van der Waals surface area contributed by atoms with Crippen molar-refractivity contribution in [3.63, 3.8) is 0 Å². The van der Waals surface area contributed by atoms with Crippen LogP contribution in [0.1, 0.15) is 11.1 Å². The summed E-state index contributed by atoms with van der Waals surface area (Å²) in [5.74, 6) is 1.96. The SMILES string of the molecule is COCCNCC(=O)NCCSCc1ccc(C)cc1. The van der Waals surface area contributed by atoms with Gasteiger partial charge >= 0.3 is 0 Å². The molecular weight excluding hydrogens is 272 g/mol. The van der Waals surface area contributed by atoms with Gasteiger partial charge in [0.05, 0.1) is 13.2 Å². The highest BCUT2D eigenvalue weighted by Gasteiger charge is 1.99. The number of rotatable bonds is 10. The lowest BCUT2D eigenvalue weighted by molar-refractivity contribution is -0.120. The summed E-state index contributed by atoms with van der Waals surface area (Å²) in [6.07, 6.45) is 0. The van der Waals surface area contributed by atoms with Gasteiger partial charge in [-0.1, -0.05) is 29.8 Å². The molecule has 0 aliphatic carbocycles. The Bertz CT molecular complexity index is 382. The lowest BCUT2D eigenvalue weighted by atomic mass is 10.2. The standard InChI is InChI=1S/C15H24N2O2S/c1-13-3-5-14(6-4-13)12-20-10-8-17-15(18)11-16-7-9-19-2/h3-6,16H,7-12H2,1-2H3,(H,17,18). The highest BCUT2D eigenvalue weighted by atomic mass is 32.2. The molecule has 0 saturated carbocycles. The highest BCUT2D eigenvalue weighted by Crippen LogP contribution is 2.12. The lowest BCUT2D eigenvalue weighted by Crippen LogP contribution is -2.36. The molecule has 0 saturated heterocycles. The van der Waals surface area contributed by atoms with Crippen LogP contribution in [-0.2, 0) is 15.3 Å². The fourth-order valence-electron chi connectivity index (χ4n) is 1.58. The van der Waals surface area contributed by atoms with Crippen LogP contribution in [0.2, 0.25) is 0 Å². The van der Waals surface area contributed by atoms with E-state index in [4.69, 9.17) is 4.74 Å². The van der Waals surface area contributed by atoms with Crippen molar-refractivity contribution < 1.29 is 9.53 Å². The van der Waals surface area contributed by atoms with E-state index in [-0.39, 0.29) is 5.91 Å². The summed E-state index contributed by atoms with van der Waals surface area (Å²) < 4.78 is 4.89. The van der Waals surface area contributed by atoms with Crippen LogP contribution >= 0.6 is 11.8 Å². The quantitative estimate of drug-likeness (QED) is 0.644. The zero-order valence-corrected chi connectivity index (χ0v) is 13.1. The normalized spacial score (nSPS) is 10.5. The average Bonchev–Trinajstić information content (AvgIpc) is 2.45. The minimum absolute atomic E-state index is 0.0389. The largest absolute Gasteiger partial charge is 0.383 e. The molecule has 20 heavy (non-hydrogen) atoms. The minimum Gasteiger partial charge on any atom is -0.383 e. The Labute approximate surface area is 125 Å². The van der Waals surface area contributed by atoms with Crippen LogP contribution in [0.4, 0.5) is 0 Å². The van der Waals surface area contributed by atoms with Gasteiger partial charge in [-0.05, 0) is 12.5 Å². The van der Waals surface area contributed by atoms with Gasteiger partial charge in [0.15, 0.2) is 0 Å². The van der Waals surface area contributed by atoms with E-state index in [0.29, 0.717) is 26.2 Å². The molecule has 0 aliphatic heterocycles. The first-order chi connectivity index (χ1) is 9.72. The Morgan fingerprint density at radius 3 is 2.70 bits per heavy atom. The number of hydrogen-bond acceptors (Lipinski definition) is 4. The summed E-state index contributed by atoms with van der Waals surface area (Å²) in [4.78, 5) is 11.5. The zero-order chi connectivity index (χ0) is 14.6. The molecule has 1 amide bonds. The summed E-state index contributed by atoms with van der Waals surface area (Å²) in [6.45, 7) is 4.48. The van der Waals surface area contributed by atoms with E-state index in [1.807, 2.05) is 11.8 Å². The average molecular weight is 296 g/mol. The maximum absolute atomic E-state index is 11.5. The van der Waals surface area contributed by atoms with Crippen molar-refractivity contribution in [2.45, 2.75) is 12.7 Å². The first-order valence-corrected chi connectivity index (χ1v) is 7.97. The topological polar surface area (TPSA) is 50.4 Å². The van der Waals surface area contributed by atoms with Crippen molar-refractivity contribution in [2.24, 2.45) is 0 Å². The van der Waals surface area contributed by atoms with Gasteiger partial charge in [-0.2, -0.15) is 11.8 Å². The Hall–Kier alpha value is -1.04. The molecule has 0 heterocycles. The smallest absolute Gasteiger partial charge is 0.233 e. The number of ether oxygens (including phenoxy) is 1. The third-order valence-corrected chi connectivity index (χ3v) is 3.76. The van der Waals surface area contributed by atoms with E-state index in [2.05, 4.69) is 41.8 Å². The van der Waals surface area contributed by atoms with Crippen molar-refractivity contribution in [3.8, 4) is 0 Å². The molecule has 0 spiro atoms. The maximum Gasteiger partial charge on any atom is 0.233 e. The fraction of sp³-hybridized carbons (Fsp3) is 0.533. The summed E-state index contributed by atoms with van der Waals surface area (Å²) in [5.41, 5.74) is 2.61. The van der Waals surface area contributed by atoms with Crippen LogP contribution in [-0.4, -0.2) is 45.0 Å². The molecule has 5 heteroatoms. The second-order valence-corrected chi connectivity index (χ2v) is 5.66. The zero-order valence-electron chi connectivity index (χ0n) is 12.3. The Balaban J connectivity index is 1.98. The van der Waals surface area contributed by atoms with Crippen molar-refractivity contribution >= 4 is 17.7 Å². The van der Waals surface area contributed by atoms with Crippen molar-refractivity contribution in [1.29, 1.82) is 0 Å². The van der Waals surface area contributed by atoms with Gasteiger partial charge < -0.3 is 15.4 Å². The Kier molecular flexibility index (Phi) is 9.11. The molecule has 1 aromatic carbocycles. The van der Waals surface area contributed by atoms with Gasteiger partial charge in [-0.3, -0.25) is 4.79 Å². The van der Waals surface area contributed by atoms with Crippen LogP contribution < -0.4 is 10.6 Å². The molecule has 1 aromatic rings. The maximum atomic E-state index is 11.5. The molecule has 0 fully saturated rings. The molecule has 0 aromatic heterocycles. The molecule has 0 radical (unpaired) electrons. The van der Waals surface area contributed by atoms with Gasteiger partial charge in [0.1, 0.15) is 0 Å². The molecular formula is C15H24N2O2S. The van der Waals surface area contributed by atoms with Crippen LogP contribution in [0.3, 0.4) is 0 Å². The summed E-state index contributed by atoms with van der Waals surface area (Å²) in [5, 5.41) is 5.91. The lowest BCUT2D eigenvalue weighted by Gasteiger charge is -2.06. The van der Waals surface area contributed by atoms with Crippen LogP contribution in [0.5, 0.6) is 0 Å². The van der Waals surface area contributed by atoms with Crippen molar-refractivity contribution in [1.82, 2.24) is 10.6 Å². The molecule has 1 rings (SSSR count). The number of hydrogen-bond donors (Lipinski definition) is 2. The number of carbonyl (C=O) groups excluding carboxylic acids is 1. The predicted octanol–water partition coefficient (Wildman–Crippen LogP) is 1.58. The number of aryl methyl sites for hydroxylation is 1. The first-order valence-electron chi connectivity index (χ1n) is 6.82. The van der Waals surface area contributed by atoms with Crippen LogP contribution in [0, 0.1) is 6.92 Å². The van der Waals surface area contributed by atoms with Crippen molar-refractivity contribution in [3.05, 3.63) is 35.4 Å². The summed E-state index contributed by atoms with van der Waals surface area (Å²) >= 11 is 1.83. The van der Waals surface area contributed by atoms with Crippen LogP contribution in [0.25, 0.3) is 0 Å². The summed E-state index contributed by atoms with van der Waals surface area (Å²) in [7, 11) is 1.65. The van der Waals surface area contributed by atoms with Crippen molar-refractivity contribution in [2.75, 3.05) is 39.1 Å². The van der Waals surface area contributed by atoms with E-state index in [9.17, 15) is 4.79 Å². The number of carbonyl (C=O) groups is 1. The molecule has 0 bridgehead atoms. The predicted molar refractivity (Wildman–Crippen MR) is 85.1 cm³/mol. The van der Waals surface area contributed by atoms with E-state index >= 15 is 0 Å². The molecule has 0 unspecified atom stereocenters. The first kappa shape index (κ1) is 17.0. The molecule has 4 nitrogen and oxygen atoms in total. The molecule has 0 atom stereocenters. The number of benzene rings is 1. The number of amides is 1. The van der Waals surface area contributed by atoms with Gasteiger partial charge in [-0.25, -0.2) is 0 Å². The van der Waals surface area contributed by atoms with E-state index in [0.717, 1.165) is 11.5 Å². The molecule has 2 N–H and O–H groups in total. The number of methoxy groups -OCH3 is 1. The van der Waals surface area contributed by atoms with E-state index in [1.165, 1.54) is 11.1 Å². The highest BCUT2D eigenvalue weighted by molar-refractivity contribution is 7.98. The van der Waals surface area contributed by atoms with Crippen LogP contribution in [0.15, 0.2) is 24.3 Å². The number of nitrogens with one attached hydrogen (secondary N) is 2.